The summed E-state index contributed by atoms with van der Waals surface area (Å²) in [7, 11) is 0. The first-order valence-corrected chi connectivity index (χ1v) is 17.8. The van der Waals surface area contributed by atoms with Gasteiger partial charge in [-0.3, -0.25) is 9.59 Å². The number of carbonyl (C=O) groups is 2. The summed E-state index contributed by atoms with van der Waals surface area (Å²) >= 11 is 0. The number of aliphatic hydroxyl groups excluding tert-OH is 4. The Balaban J connectivity index is 1.31. The third-order valence-corrected chi connectivity index (χ3v) is 16.1. The Morgan fingerprint density at radius 3 is 2.28 bits per heavy atom. The Morgan fingerprint density at radius 1 is 0.935 bits per heavy atom. The molecule has 46 heavy (non-hydrogen) atoms. The van der Waals surface area contributed by atoms with Gasteiger partial charge in [0.1, 0.15) is 24.4 Å². The van der Waals surface area contributed by atoms with E-state index in [0.29, 0.717) is 24.2 Å². The highest BCUT2D eigenvalue weighted by atomic mass is 16.7. The molecule has 1 saturated heterocycles. The van der Waals surface area contributed by atoms with Gasteiger partial charge in [-0.1, -0.05) is 60.1 Å². The van der Waals surface area contributed by atoms with Gasteiger partial charge in [-0.25, -0.2) is 0 Å². The van der Waals surface area contributed by atoms with Crippen molar-refractivity contribution in [3.63, 3.8) is 0 Å². The van der Waals surface area contributed by atoms with Crippen LogP contribution < -0.4 is 0 Å². The zero-order chi connectivity index (χ0) is 33.8. The fraction of sp³-hybridized carbons (Fsp3) is 0.892. The molecular formula is C37H58O9. The van der Waals surface area contributed by atoms with Crippen molar-refractivity contribution in [2.45, 2.75) is 143 Å². The largest absolute Gasteiger partial charge is 0.481 e. The first-order chi connectivity index (χ1) is 21.4. The number of allylic oxidation sites excluding steroid dienone is 2. The Morgan fingerprint density at radius 2 is 1.63 bits per heavy atom. The monoisotopic (exact) mass is 646 g/mol. The summed E-state index contributed by atoms with van der Waals surface area (Å²) in [5.41, 5.74) is 0.322. The molecule has 4 saturated carbocycles. The van der Waals surface area contributed by atoms with E-state index in [1.165, 1.54) is 5.57 Å². The standard InChI is InChI=1S/C37H58O9/c1-19-10-15-37(32(43)44)17-16-35(6)21(25(37)20(19)2)8-9-24-34(5)13-11-22(33(3,4)23(34)12-14-36(24,35)7)26(39)30-28(41)27(40)29(42)31(46-30)45-18-38/h8,18-20,22-31,39-42H,9-17H2,1-7H3,(H,43,44)/t19-,20+,22-,23?,24?,25?,26+,27-,28?,29+,30+,31?,34+,35-,36-,37+/m1/s1. The van der Waals surface area contributed by atoms with Crippen molar-refractivity contribution in [1.82, 2.24) is 0 Å². The molecule has 5 aliphatic carbocycles. The molecule has 0 amide bonds. The van der Waals surface area contributed by atoms with Gasteiger partial charge < -0.3 is 35.0 Å². The molecule has 5 unspecified atom stereocenters. The lowest BCUT2D eigenvalue weighted by molar-refractivity contribution is -0.308. The minimum absolute atomic E-state index is 0.0112. The van der Waals surface area contributed by atoms with E-state index >= 15 is 0 Å². The average Bonchev–Trinajstić information content (AvgIpc) is 2.99. The van der Waals surface area contributed by atoms with Gasteiger partial charge in [0.2, 0.25) is 6.29 Å². The maximum Gasteiger partial charge on any atom is 0.310 e. The van der Waals surface area contributed by atoms with Crippen LogP contribution >= 0.6 is 0 Å². The minimum Gasteiger partial charge on any atom is -0.481 e. The molecule has 1 heterocycles. The highest BCUT2D eigenvalue weighted by molar-refractivity contribution is 5.76. The van der Waals surface area contributed by atoms with Crippen LogP contribution in [0.1, 0.15) is 106 Å². The Bertz CT molecular complexity index is 1250. The fourth-order valence-electron chi connectivity index (χ4n) is 13.1. The van der Waals surface area contributed by atoms with Gasteiger partial charge in [0, 0.05) is 0 Å². The maximum absolute atomic E-state index is 13.0. The zero-order valence-electron chi connectivity index (χ0n) is 28.8. The number of hydrogen-bond donors (Lipinski definition) is 5. The lowest BCUT2D eigenvalue weighted by atomic mass is 9.33. The second-order valence-corrected chi connectivity index (χ2v) is 17.7. The van der Waals surface area contributed by atoms with E-state index in [0.717, 1.165) is 51.4 Å². The smallest absolute Gasteiger partial charge is 0.310 e. The van der Waals surface area contributed by atoms with Crippen molar-refractivity contribution >= 4 is 12.4 Å². The van der Waals surface area contributed by atoms with E-state index in [1.54, 1.807) is 0 Å². The summed E-state index contributed by atoms with van der Waals surface area (Å²) in [6.45, 7) is 16.5. The quantitative estimate of drug-likeness (QED) is 0.212. The van der Waals surface area contributed by atoms with Crippen molar-refractivity contribution in [2.24, 2.45) is 62.6 Å². The highest BCUT2D eigenvalue weighted by Crippen LogP contribution is 2.76. The number of carboxylic acid groups (broad SMARTS) is 1. The second-order valence-electron chi connectivity index (χ2n) is 17.7. The van der Waals surface area contributed by atoms with Crippen molar-refractivity contribution < 1.29 is 44.6 Å². The highest BCUT2D eigenvalue weighted by Gasteiger charge is 2.70. The third-order valence-electron chi connectivity index (χ3n) is 16.1. The van der Waals surface area contributed by atoms with Crippen LogP contribution in [0.5, 0.6) is 0 Å². The average molecular weight is 647 g/mol. The van der Waals surface area contributed by atoms with Crippen LogP contribution in [-0.4, -0.2) is 74.8 Å². The van der Waals surface area contributed by atoms with E-state index < -0.39 is 48.2 Å². The molecule has 6 aliphatic rings. The van der Waals surface area contributed by atoms with Gasteiger partial charge in [-0.15, -0.1) is 0 Å². The Labute approximate surface area is 274 Å². The molecule has 5 fully saturated rings. The molecule has 9 nitrogen and oxygen atoms in total. The lowest BCUT2D eigenvalue weighted by Gasteiger charge is -2.72. The molecule has 9 heteroatoms. The molecule has 16 atom stereocenters. The molecule has 0 aromatic rings. The van der Waals surface area contributed by atoms with Crippen molar-refractivity contribution in [3.8, 4) is 0 Å². The first kappa shape index (κ1) is 34.3. The van der Waals surface area contributed by atoms with E-state index in [1.807, 2.05) is 0 Å². The van der Waals surface area contributed by atoms with Crippen molar-refractivity contribution in [3.05, 3.63) is 11.6 Å². The molecule has 0 aromatic heterocycles. The number of fused-ring (bicyclic) bond motifs is 7. The summed E-state index contributed by atoms with van der Waals surface area (Å²) in [6, 6.07) is 0. The number of carboxylic acids is 1. The molecular weight excluding hydrogens is 588 g/mol. The van der Waals surface area contributed by atoms with Gasteiger partial charge in [0.15, 0.2) is 0 Å². The van der Waals surface area contributed by atoms with Gasteiger partial charge >= 0.3 is 5.97 Å². The minimum atomic E-state index is -1.63. The first-order valence-electron chi connectivity index (χ1n) is 17.8. The van der Waals surface area contributed by atoms with Gasteiger partial charge in [0.05, 0.1) is 11.5 Å². The van der Waals surface area contributed by atoms with Gasteiger partial charge in [-0.2, -0.15) is 0 Å². The van der Waals surface area contributed by atoms with Crippen LogP contribution in [0.3, 0.4) is 0 Å². The van der Waals surface area contributed by atoms with E-state index in [2.05, 4.69) is 54.5 Å². The maximum atomic E-state index is 13.0. The van der Waals surface area contributed by atoms with Crippen LogP contribution in [0.4, 0.5) is 0 Å². The zero-order valence-corrected chi connectivity index (χ0v) is 28.8. The van der Waals surface area contributed by atoms with Crippen LogP contribution in [0, 0.1) is 62.6 Å². The summed E-state index contributed by atoms with van der Waals surface area (Å²) < 4.78 is 10.6. The molecule has 5 N–H and O–H groups in total. The van der Waals surface area contributed by atoms with Crippen LogP contribution in [0.15, 0.2) is 11.6 Å². The topological polar surface area (TPSA) is 154 Å². The predicted octanol–water partition coefficient (Wildman–Crippen LogP) is 4.69. The van der Waals surface area contributed by atoms with Crippen molar-refractivity contribution in [1.29, 1.82) is 0 Å². The Kier molecular flexibility index (Phi) is 8.41. The molecule has 0 radical (unpaired) electrons. The molecule has 6 rings (SSSR count). The molecule has 1 aliphatic heterocycles. The van der Waals surface area contributed by atoms with Crippen molar-refractivity contribution in [2.75, 3.05) is 0 Å². The Hall–Kier alpha value is -1.52. The second kappa shape index (κ2) is 11.3. The van der Waals surface area contributed by atoms with Crippen LogP contribution in [0.2, 0.25) is 0 Å². The number of rotatable bonds is 5. The number of carbonyl (C=O) groups excluding carboxylic acids is 1. The normalized spacial score (nSPS) is 53.7. The summed E-state index contributed by atoms with van der Waals surface area (Å²) in [5, 5.41) is 54.1. The number of aliphatic hydroxyl groups is 4. The third kappa shape index (κ3) is 4.43. The summed E-state index contributed by atoms with van der Waals surface area (Å²) in [6.07, 6.45) is 1.77. The number of ether oxygens (including phenoxy) is 2. The molecule has 260 valence electrons. The lowest BCUT2D eigenvalue weighted by Crippen LogP contribution is -2.67. The fourth-order valence-corrected chi connectivity index (χ4v) is 13.1. The number of hydrogen-bond acceptors (Lipinski definition) is 8. The van der Waals surface area contributed by atoms with Crippen LogP contribution in [0.25, 0.3) is 0 Å². The van der Waals surface area contributed by atoms with Gasteiger partial charge in [0.25, 0.3) is 6.47 Å². The van der Waals surface area contributed by atoms with E-state index in [-0.39, 0.29) is 45.9 Å². The molecule has 0 aromatic carbocycles. The SMILES string of the molecule is C[C@@H]1CC[C@]2(C(=O)O)CC[C@]3(C)C(=CCC4[C@@]5(C)CC[C@H]([C@H](O)[C@@H]6OC(OC=O)[C@@H](O)[C@H](O)C6O)C(C)(C)C5CC[C@]43C)C2[C@H]1C. The number of aliphatic carboxylic acids is 1. The summed E-state index contributed by atoms with van der Waals surface area (Å²) in [5.74, 6) is 0.705. The molecule has 0 bridgehead atoms. The van der Waals surface area contributed by atoms with E-state index in [9.17, 15) is 35.1 Å². The molecule has 0 spiro atoms. The predicted molar refractivity (Wildman–Crippen MR) is 170 cm³/mol. The van der Waals surface area contributed by atoms with E-state index in [4.69, 9.17) is 9.47 Å². The summed E-state index contributed by atoms with van der Waals surface area (Å²) in [4.78, 5) is 24.0. The van der Waals surface area contributed by atoms with Crippen LogP contribution in [-0.2, 0) is 19.1 Å². The van der Waals surface area contributed by atoms with Gasteiger partial charge in [-0.05, 0) is 115 Å².